The molecule has 1 N–H and O–H groups in total. The smallest absolute Gasteiger partial charge is 0.263 e. The molecule has 1 amide bonds. The zero-order valence-electron chi connectivity index (χ0n) is 19.7. The number of amides is 1. The minimum absolute atomic E-state index is 0.00325. The van der Waals surface area contributed by atoms with Gasteiger partial charge in [-0.1, -0.05) is 18.2 Å². The maximum Gasteiger partial charge on any atom is 0.263 e. The standard InChI is InChI=1S/C26H30N4O4/c1-18(22-16-21(32-2)11-12-23(22)33-3)29-25(31)19-8-7-15-30(17-19)24-26(28-14-13-27-24)34-20-9-5-4-6-10-20/h4-6,9-14,16,18-19H,7-8,15,17H2,1-3H3,(H,29,31)/t18-,19-/m0/s1. The number of ether oxygens (including phenoxy) is 3. The summed E-state index contributed by atoms with van der Waals surface area (Å²) < 4.78 is 16.8. The molecule has 0 spiro atoms. The Morgan fingerprint density at radius 1 is 1.06 bits per heavy atom. The lowest BCUT2D eigenvalue weighted by atomic mass is 9.96. The maximum atomic E-state index is 13.2. The molecule has 1 aliphatic heterocycles. The molecule has 0 unspecified atom stereocenters. The first-order valence-corrected chi connectivity index (χ1v) is 11.4. The van der Waals surface area contributed by atoms with Crippen molar-refractivity contribution in [3.05, 3.63) is 66.5 Å². The maximum absolute atomic E-state index is 13.2. The van der Waals surface area contributed by atoms with Crippen molar-refractivity contribution in [2.45, 2.75) is 25.8 Å². The first-order chi connectivity index (χ1) is 16.6. The van der Waals surface area contributed by atoms with Gasteiger partial charge in [0.1, 0.15) is 17.2 Å². The van der Waals surface area contributed by atoms with E-state index in [1.165, 1.54) is 0 Å². The number of methoxy groups -OCH3 is 2. The van der Waals surface area contributed by atoms with Crippen molar-refractivity contribution >= 4 is 11.7 Å². The summed E-state index contributed by atoms with van der Waals surface area (Å²) in [5.41, 5.74) is 0.871. The summed E-state index contributed by atoms with van der Waals surface area (Å²) in [4.78, 5) is 24.2. The molecule has 2 atom stereocenters. The van der Waals surface area contributed by atoms with Gasteiger partial charge in [0.25, 0.3) is 5.88 Å². The fourth-order valence-electron chi connectivity index (χ4n) is 4.18. The summed E-state index contributed by atoms with van der Waals surface area (Å²) in [5, 5.41) is 3.15. The van der Waals surface area contributed by atoms with Crippen LogP contribution in [-0.4, -0.2) is 43.2 Å². The van der Waals surface area contributed by atoms with Gasteiger partial charge < -0.3 is 24.4 Å². The number of aromatic nitrogens is 2. The van der Waals surface area contributed by atoms with Gasteiger partial charge in [-0.25, -0.2) is 9.97 Å². The van der Waals surface area contributed by atoms with Gasteiger partial charge in [-0.3, -0.25) is 4.79 Å². The highest BCUT2D eigenvalue weighted by molar-refractivity contribution is 5.80. The van der Waals surface area contributed by atoms with Crippen LogP contribution in [0.3, 0.4) is 0 Å². The highest BCUT2D eigenvalue weighted by Crippen LogP contribution is 2.32. The van der Waals surface area contributed by atoms with Gasteiger partial charge in [0, 0.05) is 31.0 Å². The largest absolute Gasteiger partial charge is 0.497 e. The van der Waals surface area contributed by atoms with Gasteiger partial charge in [-0.2, -0.15) is 0 Å². The highest BCUT2D eigenvalue weighted by atomic mass is 16.5. The van der Waals surface area contributed by atoms with Crippen LogP contribution < -0.4 is 24.4 Å². The van der Waals surface area contributed by atoms with Crippen molar-refractivity contribution in [3.63, 3.8) is 0 Å². The topological polar surface area (TPSA) is 85.8 Å². The molecule has 1 aromatic heterocycles. The third-order valence-electron chi connectivity index (χ3n) is 5.96. The van der Waals surface area contributed by atoms with E-state index in [1.807, 2.05) is 55.5 Å². The molecular formula is C26H30N4O4. The molecule has 8 heteroatoms. The minimum Gasteiger partial charge on any atom is -0.497 e. The van der Waals surface area contributed by atoms with Gasteiger partial charge in [0.15, 0.2) is 5.82 Å². The Morgan fingerprint density at radius 3 is 2.62 bits per heavy atom. The van der Waals surface area contributed by atoms with E-state index in [1.54, 1.807) is 26.6 Å². The second-order valence-corrected chi connectivity index (χ2v) is 8.22. The number of nitrogens with one attached hydrogen (secondary N) is 1. The van der Waals surface area contributed by atoms with Crippen molar-refractivity contribution in [2.75, 3.05) is 32.2 Å². The zero-order chi connectivity index (χ0) is 23.9. The molecule has 8 nitrogen and oxygen atoms in total. The number of hydrogen-bond acceptors (Lipinski definition) is 7. The fourth-order valence-corrected chi connectivity index (χ4v) is 4.18. The quantitative estimate of drug-likeness (QED) is 0.532. The molecule has 178 valence electrons. The van der Waals surface area contributed by atoms with E-state index in [0.29, 0.717) is 35.5 Å². The molecule has 1 aliphatic rings. The molecule has 3 aromatic rings. The predicted molar refractivity (Wildman–Crippen MR) is 130 cm³/mol. The molecular weight excluding hydrogens is 432 g/mol. The summed E-state index contributed by atoms with van der Waals surface area (Å²) in [6.45, 7) is 3.27. The van der Waals surface area contributed by atoms with Crippen LogP contribution in [0.4, 0.5) is 5.82 Å². The number of hydrogen-bond donors (Lipinski definition) is 1. The van der Waals surface area contributed by atoms with Crippen molar-refractivity contribution in [3.8, 4) is 23.1 Å². The number of nitrogens with zero attached hydrogens (tertiary/aromatic N) is 3. The van der Waals surface area contributed by atoms with Crippen LogP contribution in [0.15, 0.2) is 60.9 Å². The Morgan fingerprint density at radius 2 is 1.85 bits per heavy atom. The average Bonchev–Trinajstić information content (AvgIpc) is 2.89. The van der Waals surface area contributed by atoms with Crippen molar-refractivity contribution < 1.29 is 19.0 Å². The molecule has 2 aromatic carbocycles. The van der Waals surface area contributed by atoms with Crippen LogP contribution in [0.1, 0.15) is 31.4 Å². The predicted octanol–water partition coefficient (Wildman–Crippen LogP) is 4.38. The lowest BCUT2D eigenvalue weighted by molar-refractivity contribution is -0.125. The van der Waals surface area contributed by atoms with Gasteiger partial charge in [-0.15, -0.1) is 0 Å². The van der Waals surface area contributed by atoms with E-state index in [4.69, 9.17) is 14.2 Å². The number of carbonyl (C=O) groups excluding carboxylic acids is 1. The molecule has 1 saturated heterocycles. The molecule has 0 bridgehead atoms. The summed E-state index contributed by atoms with van der Waals surface area (Å²) in [6.07, 6.45) is 4.93. The second-order valence-electron chi connectivity index (χ2n) is 8.22. The van der Waals surface area contributed by atoms with Crippen LogP contribution in [0.5, 0.6) is 23.1 Å². The molecule has 4 rings (SSSR count). The Labute approximate surface area is 199 Å². The van der Waals surface area contributed by atoms with Crippen molar-refractivity contribution in [1.29, 1.82) is 0 Å². The van der Waals surface area contributed by atoms with E-state index < -0.39 is 0 Å². The number of benzene rings is 2. The number of piperidine rings is 1. The summed E-state index contributed by atoms with van der Waals surface area (Å²) >= 11 is 0. The monoisotopic (exact) mass is 462 g/mol. The summed E-state index contributed by atoms with van der Waals surface area (Å²) in [6, 6.07) is 14.8. The van der Waals surface area contributed by atoms with E-state index in [2.05, 4.69) is 20.2 Å². The van der Waals surface area contributed by atoms with Gasteiger partial charge in [0.2, 0.25) is 5.91 Å². The summed E-state index contributed by atoms with van der Waals surface area (Å²) in [7, 11) is 3.24. The number of para-hydroxylation sites is 1. The average molecular weight is 463 g/mol. The van der Waals surface area contributed by atoms with Crippen LogP contribution in [-0.2, 0) is 4.79 Å². The zero-order valence-corrected chi connectivity index (χ0v) is 19.7. The SMILES string of the molecule is COc1ccc(OC)c([C@H](C)NC(=O)[C@H]2CCCN(c3nccnc3Oc3ccccc3)C2)c1. The van der Waals surface area contributed by atoms with Crippen LogP contribution in [0.25, 0.3) is 0 Å². The highest BCUT2D eigenvalue weighted by Gasteiger charge is 2.29. The third kappa shape index (κ3) is 5.39. The molecule has 2 heterocycles. The number of rotatable bonds is 8. The van der Waals surface area contributed by atoms with E-state index >= 15 is 0 Å². The molecule has 0 aliphatic carbocycles. The van der Waals surface area contributed by atoms with Gasteiger partial charge >= 0.3 is 0 Å². The first-order valence-electron chi connectivity index (χ1n) is 11.4. The molecule has 0 saturated carbocycles. The second kappa shape index (κ2) is 10.9. The van der Waals surface area contributed by atoms with Crippen LogP contribution in [0, 0.1) is 5.92 Å². The Balaban J connectivity index is 1.46. The van der Waals surface area contributed by atoms with E-state index in [0.717, 1.165) is 24.9 Å². The van der Waals surface area contributed by atoms with E-state index in [-0.39, 0.29) is 17.9 Å². The van der Waals surface area contributed by atoms with Crippen LogP contribution in [0.2, 0.25) is 0 Å². The Hall–Kier alpha value is -3.81. The van der Waals surface area contributed by atoms with Gasteiger partial charge in [-0.05, 0) is 50.1 Å². The lowest BCUT2D eigenvalue weighted by Crippen LogP contribution is -2.44. The third-order valence-corrected chi connectivity index (χ3v) is 5.96. The Kier molecular flexibility index (Phi) is 7.47. The molecule has 34 heavy (non-hydrogen) atoms. The number of carbonyl (C=O) groups is 1. The van der Waals surface area contributed by atoms with Gasteiger partial charge in [0.05, 0.1) is 26.2 Å². The van der Waals surface area contributed by atoms with Crippen molar-refractivity contribution in [2.24, 2.45) is 5.92 Å². The lowest BCUT2D eigenvalue weighted by Gasteiger charge is -2.33. The Bertz CT molecular complexity index is 1110. The van der Waals surface area contributed by atoms with Crippen molar-refractivity contribution in [1.82, 2.24) is 15.3 Å². The minimum atomic E-state index is -0.235. The molecule has 1 fully saturated rings. The normalized spacial score (nSPS) is 16.4. The number of anilines is 1. The first kappa shape index (κ1) is 23.4. The van der Waals surface area contributed by atoms with Crippen LogP contribution >= 0.6 is 0 Å². The summed E-state index contributed by atoms with van der Waals surface area (Å²) in [5.74, 6) is 3.01. The fraction of sp³-hybridized carbons (Fsp3) is 0.346. The van der Waals surface area contributed by atoms with E-state index in [9.17, 15) is 4.79 Å². The molecule has 0 radical (unpaired) electrons.